The molecule has 0 saturated heterocycles. The first-order chi connectivity index (χ1) is 7.27. The number of rotatable bonds is 2. The Bertz CT molecular complexity index is 425. The Hall–Kier alpha value is -2.03. The zero-order valence-corrected chi connectivity index (χ0v) is 7.81. The van der Waals surface area contributed by atoms with E-state index in [0.29, 0.717) is 0 Å². The monoisotopic (exact) mass is 203 g/mol. The molecule has 1 radical (unpaired) electrons. The predicted molar refractivity (Wildman–Crippen MR) is 53.0 cm³/mol. The summed E-state index contributed by atoms with van der Waals surface area (Å²) in [7, 11) is 0. The van der Waals surface area contributed by atoms with Gasteiger partial charge >= 0.3 is 0 Å². The van der Waals surface area contributed by atoms with Crippen molar-refractivity contribution in [3.8, 4) is 17.2 Å². The van der Waals surface area contributed by atoms with Crippen molar-refractivity contribution in [2.75, 3.05) is 0 Å². The van der Waals surface area contributed by atoms with Crippen LogP contribution in [0.5, 0.6) is 17.2 Å². The second-order valence-electron chi connectivity index (χ2n) is 2.98. The summed E-state index contributed by atoms with van der Waals surface area (Å²) in [6, 6.07) is 12.1. The van der Waals surface area contributed by atoms with Gasteiger partial charge < -0.3 is 4.74 Å². The van der Waals surface area contributed by atoms with E-state index in [9.17, 15) is 9.50 Å². The van der Waals surface area contributed by atoms with Gasteiger partial charge in [-0.05, 0) is 24.3 Å². The molecule has 2 nitrogen and oxygen atoms in total. The number of hydrogen-bond donors (Lipinski definition) is 0. The minimum absolute atomic E-state index is 0.0563. The quantitative estimate of drug-likeness (QED) is 0.730. The molecule has 0 aromatic heterocycles. The Morgan fingerprint density at radius 3 is 2.13 bits per heavy atom. The molecule has 0 aliphatic heterocycles. The van der Waals surface area contributed by atoms with Crippen molar-refractivity contribution in [1.82, 2.24) is 0 Å². The van der Waals surface area contributed by atoms with E-state index in [0.717, 1.165) is 0 Å². The van der Waals surface area contributed by atoms with Crippen LogP contribution in [0.1, 0.15) is 0 Å². The third-order valence-corrected chi connectivity index (χ3v) is 1.91. The van der Waals surface area contributed by atoms with Gasteiger partial charge in [-0.2, -0.15) is 0 Å². The predicted octanol–water partition coefficient (Wildman–Crippen LogP) is 3.76. The van der Waals surface area contributed by atoms with Crippen LogP contribution in [-0.4, -0.2) is 0 Å². The van der Waals surface area contributed by atoms with Crippen molar-refractivity contribution in [3.05, 3.63) is 54.3 Å². The molecule has 3 heteroatoms. The highest BCUT2D eigenvalue weighted by Crippen LogP contribution is 2.31. The first-order valence-corrected chi connectivity index (χ1v) is 4.46. The fraction of sp³-hybridized carbons (Fsp3) is 0. The molecule has 0 atom stereocenters. The van der Waals surface area contributed by atoms with Crippen LogP contribution in [0.25, 0.3) is 0 Å². The average Bonchev–Trinajstić information content (AvgIpc) is 2.24. The molecule has 0 amide bonds. The van der Waals surface area contributed by atoms with Gasteiger partial charge in [0.25, 0.3) is 0 Å². The summed E-state index contributed by atoms with van der Waals surface area (Å²) in [5.41, 5.74) is 0. The van der Waals surface area contributed by atoms with E-state index in [2.05, 4.69) is 0 Å². The molecule has 0 N–H and O–H groups in total. The fourth-order valence-electron chi connectivity index (χ4n) is 1.18. The molecule has 2 aromatic carbocycles. The second kappa shape index (κ2) is 4.00. The lowest BCUT2D eigenvalue weighted by Crippen LogP contribution is -1.87. The highest BCUT2D eigenvalue weighted by atomic mass is 19.1. The summed E-state index contributed by atoms with van der Waals surface area (Å²) in [4.78, 5) is 0. The summed E-state index contributed by atoms with van der Waals surface area (Å²) >= 11 is 0. The molecule has 75 valence electrons. The van der Waals surface area contributed by atoms with E-state index in [4.69, 9.17) is 4.74 Å². The summed E-state index contributed by atoms with van der Waals surface area (Å²) in [6.45, 7) is 0. The number of halogens is 1. The van der Waals surface area contributed by atoms with Crippen LogP contribution < -0.4 is 4.74 Å². The van der Waals surface area contributed by atoms with E-state index in [-0.39, 0.29) is 17.2 Å². The Kier molecular flexibility index (Phi) is 2.54. The maximum absolute atomic E-state index is 13.2. The van der Waals surface area contributed by atoms with Crippen LogP contribution in [0.15, 0.2) is 48.5 Å². The summed E-state index contributed by atoms with van der Waals surface area (Å²) in [5, 5.41) is 11.3. The summed E-state index contributed by atoms with van der Waals surface area (Å²) in [6.07, 6.45) is 0. The van der Waals surface area contributed by atoms with Gasteiger partial charge in [-0.25, -0.2) is 4.39 Å². The molecule has 15 heavy (non-hydrogen) atoms. The number of para-hydroxylation sites is 3. The van der Waals surface area contributed by atoms with Crippen LogP contribution in [-0.2, 0) is 5.11 Å². The molecule has 0 aliphatic carbocycles. The van der Waals surface area contributed by atoms with Gasteiger partial charge in [0.1, 0.15) is 0 Å². The van der Waals surface area contributed by atoms with Crippen molar-refractivity contribution in [2.24, 2.45) is 0 Å². The lowest BCUT2D eigenvalue weighted by Gasteiger charge is -2.06. The van der Waals surface area contributed by atoms with E-state index < -0.39 is 5.82 Å². The molecule has 0 fully saturated rings. The Labute approximate surface area is 86.6 Å². The van der Waals surface area contributed by atoms with Crippen molar-refractivity contribution >= 4 is 0 Å². The van der Waals surface area contributed by atoms with Crippen molar-refractivity contribution in [2.45, 2.75) is 0 Å². The lowest BCUT2D eigenvalue weighted by molar-refractivity contribution is 0.325. The topological polar surface area (TPSA) is 29.1 Å². The van der Waals surface area contributed by atoms with Gasteiger partial charge in [0, 0.05) is 0 Å². The lowest BCUT2D eigenvalue weighted by atomic mass is 10.3. The molecule has 0 heterocycles. The fourth-order valence-corrected chi connectivity index (χ4v) is 1.18. The summed E-state index contributed by atoms with van der Waals surface area (Å²) < 4.78 is 18.3. The molecule has 2 aromatic rings. The molecular weight excluding hydrogens is 195 g/mol. The minimum Gasteiger partial charge on any atom is -0.450 e. The van der Waals surface area contributed by atoms with E-state index in [1.54, 1.807) is 24.3 Å². The van der Waals surface area contributed by atoms with Gasteiger partial charge in [0.2, 0.25) is 5.75 Å². The van der Waals surface area contributed by atoms with Gasteiger partial charge in [0.05, 0.1) is 0 Å². The third-order valence-electron chi connectivity index (χ3n) is 1.91. The standard InChI is InChI=1S/C12H8FO2/c13-9-5-1-3-7-11(9)15-12-8-4-2-6-10(12)14/h1-8H. The number of benzene rings is 2. The van der Waals surface area contributed by atoms with E-state index >= 15 is 0 Å². The highest BCUT2D eigenvalue weighted by molar-refractivity contribution is 5.41. The molecule has 0 spiro atoms. The summed E-state index contributed by atoms with van der Waals surface area (Å²) in [5.74, 6) is -0.565. The maximum Gasteiger partial charge on any atom is 0.221 e. The number of ether oxygens (including phenoxy) is 1. The smallest absolute Gasteiger partial charge is 0.221 e. The van der Waals surface area contributed by atoms with Crippen molar-refractivity contribution in [1.29, 1.82) is 0 Å². The Morgan fingerprint density at radius 1 is 0.867 bits per heavy atom. The minimum atomic E-state index is -0.485. The van der Waals surface area contributed by atoms with Crippen LogP contribution in [0.2, 0.25) is 0 Å². The highest BCUT2D eigenvalue weighted by Gasteiger charge is 2.07. The second-order valence-corrected chi connectivity index (χ2v) is 2.98. The zero-order chi connectivity index (χ0) is 10.7. The Balaban J connectivity index is 2.30. The van der Waals surface area contributed by atoms with Gasteiger partial charge in [-0.3, -0.25) is 5.11 Å². The average molecular weight is 203 g/mol. The van der Waals surface area contributed by atoms with Crippen LogP contribution in [0.3, 0.4) is 0 Å². The number of hydrogen-bond acceptors (Lipinski definition) is 1. The van der Waals surface area contributed by atoms with Gasteiger partial charge in [-0.1, -0.05) is 24.3 Å². The van der Waals surface area contributed by atoms with E-state index in [1.165, 1.54) is 24.3 Å². The first kappa shape index (κ1) is 9.52. The maximum atomic E-state index is 13.2. The largest absolute Gasteiger partial charge is 0.450 e. The van der Waals surface area contributed by atoms with Crippen LogP contribution >= 0.6 is 0 Å². The first-order valence-electron chi connectivity index (χ1n) is 4.46. The molecule has 0 saturated carbocycles. The Morgan fingerprint density at radius 2 is 1.47 bits per heavy atom. The SMILES string of the molecule is [O]c1ccccc1Oc1ccccc1F. The molecule has 2 rings (SSSR count). The molecular formula is C12H8FO2. The molecule has 0 aliphatic rings. The van der Waals surface area contributed by atoms with Crippen molar-refractivity contribution in [3.63, 3.8) is 0 Å². The normalized spacial score (nSPS) is 9.93. The van der Waals surface area contributed by atoms with E-state index in [1.807, 2.05) is 0 Å². The third kappa shape index (κ3) is 2.07. The van der Waals surface area contributed by atoms with Crippen LogP contribution in [0.4, 0.5) is 4.39 Å². The zero-order valence-electron chi connectivity index (χ0n) is 7.81. The van der Waals surface area contributed by atoms with Crippen molar-refractivity contribution < 1.29 is 14.2 Å². The van der Waals surface area contributed by atoms with Gasteiger partial charge in [0.15, 0.2) is 17.3 Å². The molecule has 0 unspecified atom stereocenters. The molecule has 0 bridgehead atoms. The van der Waals surface area contributed by atoms with Crippen LogP contribution in [0, 0.1) is 5.82 Å². The van der Waals surface area contributed by atoms with Gasteiger partial charge in [-0.15, -0.1) is 0 Å².